The molecular formula is C12H11BrF2N4O. The number of amides is 1. The number of imidazole rings is 1. The van der Waals surface area contributed by atoms with Gasteiger partial charge in [-0.2, -0.15) is 0 Å². The van der Waals surface area contributed by atoms with Gasteiger partial charge < -0.3 is 11.1 Å². The van der Waals surface area contributed by atoms with Gasteiger partial charge in [0.05, 0.1) is 4.47 Å². The minimum Gasteiger partial charge on any atom is -0.383 e. The summed E-state index contributed by atoms with van der Waals surface area (Å²) in [6.07, 6.45) is 1.00. The van der Waals surface area contributed by atoms with Gasteiger partial charge >= 0.3 is 0 Å². The highest BCUT2D eigenvalue weighted by Crippen LogP contribution is 2.37. The second-order valence-corrected chi connectivity index (χ2v) is 5.68. The molecule has 1 amide bonds. The number of nitrogens with one attached hydrogen (secondary N) is 1. The maximum absolute atomic E-state index is 12.7. The molecule has 3 N–H and O–H groups in total. The maximum Gasteiger partial charge on any atom is 0.273 e. The van der Waals surface area contributed by atoms with Crippen LogP contribution in [0.4, 0.5) is 14.6 Å². The average Bonchev–Trinajstić information content (AvgIpc) is 2.66. The van der Waals surface area contributed by atoms with Crippen LogP contribution in [0.5, 0.6) is 0 Å². The van der Waals surface area contributed by atoms with Crippen molar-refractivity contribution < 1.29 is 13.6 Å². The molecule has 0 aromatic carbocycles. The van der Waals surface area contributed by atoms with Crippen LogP contribution in [0.25, 0.3) is 5.65 Å². The fourth-order valence-corrected chi connectivity index (χ4v) is 2.67. The molecule has 20 heavy (non-hydrogen) atoms. The zero-order chi connectivity index (χ0) is 14.5. The van der Waals surface area contributed by atoms with Gasteiger partial charge in [0, 0.05) is 25.1 Å². The lowest BCUT2D eigenvalue weighted by Gasteiger charge is -2.35. The first-order valence-corrected chi connectivity index (χ1v) is 6.77. The summed E-state index contributed by atoms with van der Waals surface area (Å²) in [5, 5.41) is 2.52. The summed E-state index contributed by atoms with van der Waals surface area (Å²) in [5.41, 5.74) is 6.42. The Morgan fingerprint density at radius 1 is 1.55 bits per heavy atom. The zero-order valence-corrected chi connectivity index (χ0v) is 11.8. The summed E-state index contributed by atoms with van der Waals surface area (Å²) in [7, 11) is 0. The van der Waals surface area contributed by atoms with E-state index in [4.69, 9.17) is 5.73 Å². The van der Waals surface area contributed by atoms with Crippen molar-refractivity contribution in [2.45, 2.75) is 24.8 Å². The van der Waals surface area contributed by atoms with Gasteiger partial charge in [-0.3, -0.25) is 9.20 Å². The van der Waals surface area contributed by atoms with E-state index in [1.54, 1.807) is 22.7 Å². The van der Waals surface area contributed by atoms with E-state index in [0.29, 0.717) is 10.1 Å². The largest absolute Gasteiger partial charge is 0.383 e. The summed E-state index contributed by atoms with van der Waals surface area (Å²) < 4.78 is 27.7. The molecule has 8 heteroatoms. The van der Waals surface area contributed by atoms with Crippen LogP contribution in [-0.4, -0.2) is 27.3 Å². The van der Waals surface area contributed by atoms with E-state index in [2.05, 4.69) is 26.2 Å². The number of nitrogen functional groups attached to an aromatic ring is 1. The van der Waals surface area contributed by atoms with Crippen molar-refractivity contribution in [2.75, 3.05) is 5.73 Å². The van der Waals surface area contributed by atoms with Crippen LogP contribution in [0.1, 0.15) is 23.3 Å². The summed E-state index contributed by atoms with van der Waals surface area (Å²) >= 11 is 3.31. The molecule has 0 unspecified atom stereocenters. The lowest BCUT2D eigenvalue weighted by atomic mass is 9.88. The van der Waals surface area contributed by atoms with Crippen molar-refractivity contribution in [2.24, 2.45) is 0 Å². The van der Waals surface area contributed by atoms with Gasteiger partial charge in [-0.15, -0.1) is 0 Å². The molecule has 0 aliphatic heterocycles. The molecule has 0 saturated heterocycles. The number of hydrogen-bond acceptors (Lipinski definition) is 3. The molecule has 0 bridgehead atoms. The number of alkyl halides is 2. The van der Waals surface area contributed by atoms with Crippen molar-refractivity contribution in [1.29, 1.82) is 0 Å². The molecule has 1 fully saturated rings. The van der Waals surface area contributed by atoms with E-state index in [1.807, 2.05) is 0 Å². The molecule has 0 atom stereocenters. The molecule has 0 radical (unpaired) electrons. The predicted octanol–water partition coefficient (Wildman–Crippen LogP) is 2.21. The first kappa shape index (κ1) is 13.3. The number of aromatic nitrogens is 2. The topological polar surface area (TPSA) is 72.4 Å². The fourth-order valence-electron chi connectivity index (χ4n) is 2.24. The summed E-state index contributed by atoms with van der Waals surface area (Å²) in [6.45, 7) is 0. The Hall–Kier alpha value is -1.70. The van der Waals surface area contributed by atoms with Gasteiger partial charge in [0.25, 0.3) is 11.8 Å². The van der Waals surface area contributed by atoms with Gasteiger partial charge in [0.1, 0.15) is 5.82 Å². The van der Waals surface area contributed by atoms with Crippen molar-refractivity contribution in [3.8, 4) is 0 Å². The quantitative estimate of drug-likeness (QED) is 0.877. The standard InChI is InChI=1S/C12H11BrF2N4O/c13-7-2-1-3-19-9(16)8(18-10(7)19)11(20)17-6-4-12(14,15)5-6/h1-3,6H,4-5,16H2,(H,17,20). The number of halogens is 3. The molecule has 2 aromatic heterocycles. The first-order chi connectivity index (χ1) is 9.37. The molecule has 1 saturated carbocycles. The number of hydrogen-bond donors (Lipinski definition) is 2. The van der Waals surface area contributed by atoms with E-state index < -0.39 is 17.9 Å². The SMILES string of the molecule is Nc1c(C(=O)NC2CC(F)(F)C2)nc2c(Br)cccn12. The zero-order valence-electron chi connectivity index (χ0n) is 10.2. The number of nitrogens with two attached hydrogens (primary N) is 1. The maximum atomic E-state index is 12.7. The minimum absolute atomic E-state index is 0.0483. The number of fused-ring (bicyclic) bond motifs is 1. The number of pyridine rings is 1. The molecule has 2 aromatic rings. The highest BCUT2D eigenvalue weighted by atomic mass is 79.9. The van der Waals surface area contributed by atoms with Crippen LogP contribution in [0.2, 0.25) is 0 Å². The van der Waals surface area contributed by atoms with Crippen LogP contribution in [0.15, 0.2) is 22.8 Å². The molecule has 3 rings (SSSR count). The van der Waals surface area contributed by atoms with Crippen LogP contribution in [0.3, 0.4) is 0 Å². The van der Waals surface area contributed by atoms with E-state index in [9.17, 15) is 13.6 Å². The van der Waals surface area contributed by atoms with Crippen molar-refractivity contribution in [1.82, 2.24) is 14.7 Å². The molecule has 2 heterocycles. The normalized spacial score (nSPS) is 17.9. The highest BCUT2D eigenvalue weighted by molar-refractivity contribution is 9.10. The van der Waals surface area contributed by atoms with Gasteiger partial charge in [-0.25, -0.2) is 13.8 Å². The van der Waals surface area contributed by atoms with E-state index in [-0.39, 0.29) is 24.4 Å². The predicted molar refractivity (Wildman–Crippen MR) is 72.7 cm³/mol. The summed E-state index contributed by atoms with van der Waals surface area (Å²) in [5.74, 6) is -3.02. The molecule has 1 aliphatic carbocycles. The number of carbonyl (C=O) groups is 1. The van der Waals surface area contributed by atoms with Crippen molar-refractivity contribution in [3.63, 3.8) is 0 Å². The summed E-state index contributed by atoms with van der Waals surface area (Å²) in [6, 6.07) is 3.00. The Balaban J connectivity index is 1.85. The van der Waals surface area contributed by atoms with Crippen molar-refractivity contribution in [3.05, 3.63) is 28.5 Å². The number of anilines is 1. The third kappa shape index (κ3) is 2.13. The van der Waals surface area contributed by atoms with Gasteiger partial charge in [-0.05, 0) is 28.1 Å². The third-order valence-corrected chi connectivity index (χ3v) is 3.90. The third-order valence-electron chi connectivity index (χ3n) is 3.28. The first-order valence-electron chi connectivity index (χ1n) is 5.98. The fraction of sp³-hybridized carbons (Fsp3) is 0.333. The lowest BCUT2D eigenvalue weighted by Crippen LogP contribution is -2.50. The summed E-state index contributed by atoms with van der Waals surface area (Å²) in [4.78, 5) is 16.2. The van der Waals surface area contributed by atoms with E-state index in [1.165, 1.54) is 0 Å². The Kier molecular flexibility index (Phi) is 2.93. The molecular weight excluding hydrogens is 334 g/mol. The average molecular weight is 345 g/mol. The van der Waals surface area contributed by atoms with E-state index >= 15 is 0 Å². The molecule has 1 aliphatic rings. The van der Waals surface area contributed by atoms with E-state index in [0.717, 1.165) is 0 Å². The Bertz CT molecular complexity index is 692. The minimum atomic E-state index is -2.68. The van der Waals surface area contributed by atoms with Crippen molar-refractivity contribution >= 4 is 33.3 Å². The van der Waals surface area contributed by atoms with Gasteiger partial charge in [0.2, 0.25) is 0 Å². The lowest BCUT2D eigenvalue weighted by molar-refractivity contribution is -0.0901. The molecule has 106 valence electrons. The van der Waals surface area contributed by atoms with Crippen LogP contribution >= 0.6 is 15.9 Å². The van der Waals surface area contributed by atoms with Gasteiger partial charge in [-0.1, -0.05) is 0 Å². The number of rotatable bonds is 2. The van der Waals surface area contributed by atoms with Gasteiger partial charge in [0.15, 0.2) is 11.3 Å². The Morgan fingerprint density at radius 3 is 2.85 bits per heavy atom. The number of nitrogens with zero attached hydrogens (tertiary/aromatic N) is 2. The molecule has 5 nitrogen and oxygen atoms in total. The second kappa shape index (κ2) is 4.41. The van der Waals surface area contributed by atoms with Crippen LogP contribution < -0.4 is 11.1 Å². The highest BCUT2D eigenvalue weighted by Gasteiger charge is 2.46. The van der Waals surface area contributed by atoms with Crippen LogP contribution in [-0.2, 0) is 0 Å². The molecule has 0 spiro atoms. The smallest absolute Gasteiger partial charge is 0.273 e. The monoisotopic (exact) mass is 344 g/mol. The van der Waals surface area contributed by atoms with Crippen LogP contribution in [0, 0.1) is 0 Å². The second-order valence-electron chi connectivity index (χ2n) is 4.83. The number of carbonyl (C=O) groups excluding carboxylic acids is 1. The Labute approximate surface area is 121 Å². The Morgan fingerprint density at radius 2 is 2.25 bits per heavy atom.